The van der Waals surface area contributed by atoms with Gasteiger partial charge in [-0.3, -0.25) is 9.59 Å². The van der Waals surface area contributed by atoms with Crippen LogP contribution in [0.25, 0.3) is 11.5 Å². The van der Waals surface area contributed by atoms with Gasteiger partial charge in [0.25, 0.3) is 5.91 Å². The standard InChI is InChI=1S/C24H27FN8O4/c1-2-26-23-28-12-18-20(29-23)31-10-4-7-17(31)13-32(22(18)35)16-6-3-5-15(11-16)21-30-33(24(36)37-21)14-19(34)27-9-8-25/h3,5-6,11-12,17H,2,4,7-10,13-14H2,1H3,(H,27,34)(H,26,28,29). The summed E-state index contributed by atoms with van der Waals surface area (Å²) in [6.45, 7) is 2.65. The Balaban J connectivity index is 1.45. The molecular weight excluding hydrogens is 483 g/mol. The van der Waals surface area contributed by atoms with Gasteiger partial charge in [0.05, 0.1) is 0 Å². The molecule has 1 fully saturated rings. The molecule has 1 aromatic carbocycles. The summed E-state index contributed by atoms with van der Waals surface area (Å²) in [6, 6.07) is 7.06. The summed E-state index contributed by atoms with van der Waals surface area (Å²) in [5, 5.41) is 9.56. The third-order valence-electron chi connectivity index (χ3n) is 6.34. The third kappa shape index (κ3) is 4.88. The molecule has 0 spiro atoms. The first-order chi connectivity index (χ1) is 18.0. The number of alkyl halides is 1. The van der Waals surface area contributed by atoms with Crippen molar-refractivity contribution < 1.29 is 18.4 Å². The maximum absolute atomic E-state index is 13.7. The van der Waals surface area contributed by atoms with E-state index in [9.17, 15) is 18.8 Å². The van der Waals surface area contributed by atoms with E-state index < -0.39 is 24.9 Å². The van der Waals surface area contributed by atoms with Crippen LogP contribution in [0.4, 0.5) is 21.8 Å². The van der Waals surface area contributed by atoms with Gasteiger partial charge in [0.1, 0.15) is 24.6 Å². The van der Waals surface area contributed by atoms with Gasteiger partial charge >= 0.3 is 5.76 Å². The summed E-state index contributed by atoms with van der Waals surface area (Å²) >= 11 is 0. The largest absolute Gasteiger partial charge is 0.437 e. The molecule has 4 heterocycles. The highest BCUT2D eigenvalue weighted by Gasteiger charge is 2.37. The minimum atomic E-state index is -0.814. The van der Waals surface area contributed by atoms with E-state index in [1.807, 2.05) is 6.92 Å². The normalized spacial score (nSPS) is 16.8. The van der Waals surface area contributed by atoms with Gasteiger partial charge in [-0.15, -0.1) is 5.10 Å². The lowest BCUT2D eigenvalue weighted by Crippen LogP contribution is -2.39. The minimum absolute atomic E-state index is 0.00826. The van der Waals surface area contributed by atoms with E-state index in [4.69, 9.17) is 4.42 Å². The van der Waals surface area contributed by atoms with E-state index in [1.165, 1.54) is 0 Å². The number of nitrogens with one attached hydrogen (secondary N) is 2. The average molecular weight is 511 g/mol. The monoisotopic (exact) mass is 510 g/mol. The Bertz CT molecular complexity index is 1370. The molecule has 2 N–H and O–H groups in total. The molecule has 2 aliphatic rings. The van der Waals surface area contributed by atoms with Crippen LogP contribution < -0.4 is 26.2 Å². The molecule has 1 atom stereocenters. The highest BCUT2D eigenvalue weighted by molar-refractivity contribution is 6.10. The van der Waals surface area contributed by atoms with Crippen molar-refractivity contribution in [1.29, 1.82) is 0 Å². The lowest BCUT2D eigenvalue weighted by molar-refractivity contribution is -0.122. The Hall–Kier alpha value is -4.29. The number of carbonyl (C=O) groups excluding carboxylic acids is 2. The molecule has 13 heteroatoms. The van der Waals surface area contributed by atoms with Gasteiger partial charge in [0, 0.05) is 49.7 Å². The van der Waals surface area contributed by atoms with E-state index in [2.05, 4.69) is 30.6 Å². The second-order valence-electron chi connectivity index (χ2n) is 8.79. The molecule has 2 amide bonds. The van der Waals surface area contributed by atoms with Crippen molar-refractivity contribution in [2.24, 2.45) is 0 Å². The fraction of sp³-hybridized carbons (Fsp3) is 0.417. The predicted octanol–water partition coefficient (Wildman–Crippen LogP) is 1.44. The molecule has 1 saturated heterocycles. The number of hydrogen-bond acceptors (Lipinski definition) is 9. The van der Waals surface area contributed by atoms with Crippen molar-refractivity contribution in [1.82, 2.24) is 25.1 Å². The molecule has 194 valence electrons. The molecule has 0 radical (unpaired) electrons. The number of amides is 2. The Morgan fingerprint density at radius 2 is 2.16 bits per heavy atom. The molecule has 0 saturated carbocycles. The summed E-state index contributed by atoms with van der Waals surface area (Å²) in [5.41, 5.74) is 1.50. The van der Waals surface area contributed by atoms with Crippen LogP contribution in [-0.4, -0.2) is 70.5 Å². The SMILES string of the molecule is CCNc1ncc2c(n1)N1CCCC1CN(c1cccc(-c3nn(CC(=O)NCCF)c(=O)o3)c1)C2=O. The molecular formula is C24H27FN8O4. The smallest absolute Gasteiger partial charge is 0.388 e. The number of rotatable bonds is 8. The zero-order valence-electron chi connectivity index (χ0n) is 20.3. The van der Waals surface area contributed by atoms with Crippen molar-refractivity contribution in [3.05, 3.63) is 46.6 Å². The number of fused-ring (bicyclic) bond motifs is 3. The predicted molar refractivity (Wildman–Crippen MR) is 133 cm³/mol. The quantitative estimate of drug-likeness (QED) is 0.461. The zero-order valence-corrected chi connectivity index (χ0v) is 20.3. The first-order valence-electron chi connectivity index (χ1n) is 12.2. The summed E-state index contributed by atoms with van der Waals surface area (Å²) < 4.78 is 18.4. The van der Waals surface area contributed by atoms with E-state index in [-0.39, 0.29) is 24.4 Å². The van der Waals surface area contributed by atoms with Gasteiger partial charge in [0.2, 0.25) is 17.7 Å². The Morgan fingerprint density at radius 3 is 2.97 bits per heavy atom. The lowest BCUT2D eigenvalue weighted by Gasteiger charge is -2.27. The van der Waals surface area contributed by atoms with Crippen LogP contribution in [0.15, 0.2) is 39.7 Å². The molecule has 1 unspecified atom stereocenters. The topological polar surface area (TPSA) is 138 Å². The van der Waals surface area contributed by atoms with Gasteiger partial charge in [-0.25, -0.2) is 14.2 Å². The summed E-state index contributed by atoms with van der Waals surface area (Å²) in [4.78, 5) is 50.6. The average Bonchev–Trinajstić information content (AvgIpc) is 3.49. The molecule has 0 bridgehead atoms. The molecule has 2 aliphatic heterocycles. The Kier molecular flexibility index (Phi) is 6.84. The fourth-order valence-electron chi connectivity index (χ4n) is 4.66. The Morgan fingerprint density at radius 1 is 1.30 bits per heavy atom. The molecule has 5 rings (SSSR count). The first kappa shape index (κ1) is 24.4. The van der Waals surface area contributed by atoms with Crippen LogP contribution in [0.5, 0.6) is 0 Å². The summed E-state index contributed by atoms with van der Waals surface area (Å²) in [5.74, 6) is -0.462. The van der Waals surface area contributed by atoms with Crippen LogP contribution in [-0.2, 0) is 11.3 Å². The second kappa shape index (κ2) is 10.4. The number of aromatic nitrogens is 4. The number of anilines is 3. The van der Waals surface area contributed by atoms with Crippen molar-refractivity contribution in [3.63, 3.8) is 0 Å². The molecule has 3 aromatic rings. The van der Waals surface area contributed by atoms with Crippen molar-refractivity contribution in [3.8, 4) is 11.5 Å². The van der Waals surface area contributed by atoms with Gasteiger partial charge in [-0.1, -0.05) is 6.07 Å². The highest BCUT2D eigenvalue weighted by atomic mass is 19.1. The van der Waals surface area contributed by atoms with E-state index >= 15 is 0 Å². The van der Waals surface area contributed by atoms with Gasteiger partial charge in [-0.2, -0.15) is 9.67 Å². The third-order valence-corrected chi connectivity index (χ3v) is 6.34. The lowest BCUT2D eigenvalue weighted by atomic mass is 10.1. The number of benzene rings is 1. The molecule has 0 aliphatic carbocycles. The van der Waals surface area contributed by atoms with E-state index in [0.29, 0.717) is 41.7 Å². The van der Waals surface area contributed by atoms with Gasteiger partial charge < -0.3 is 24.9 Å². The minimum Gasteiger partial charge on any atom is -0.388 e. The maximum Gasteiger partial charge on any atom is 0.437 e. The van der Waals surface area contributed by atoms with Crippen LogP contribution in [0.3, 0.4) is 0 Å². The zero-order chi connectivity index (χ0) is 25.9. The van der Waals surface area contributed by atoms with Crippen molar-refractivity contribution in [2.45, 2.75) is 32.4 Å². The first-order valence-corrected chi connectivity index (χ1v) is 12.2. The van der Waals surface area contributed by atoms with E-state index in [0.717, 1.165) is 24.1 Å². The van der Waals surface area contributed by atoms with E-state index in [1.54, 1.807) is 35.4 Å². The van der Waals surface area contributed by atoms with Crippen molar-refractivity contribution in [2.75, 3.05) is 48.0 Å². The molecule has 12 nitrogen and oxygen atoms in total. The van der Waals surface area contributed by atoms with Crippen molar-refractivity contribution >= 4 is 29.3 Å². The van der Waals surface area contributed by atoms with Gasteiger partial charge in [-0.05, 0) is 38.0 Å². The van der Waals surface area contributed by atoms with Gasteiger partial charge in [0.15, 0.2) is 0 Å². The van der Waals surface area contributed by atoms with Crippen LogP contribution >= 0.6 is 0 Å². The van der Waals surface area contributed by atoms with Crippen LogP contribution in [0, 0.1) is 0 Å². The number of halogens is 1. The van der Waals surface area contributed by atoms with Crippen LogP contribution in [0.1, 0.15) is 30.1 Å². The summed E-state index contributed by atoms with van der Waals surface area (Å²) in [7, 11) is 0. The summed E-state index contributed by atoms with van der Waals surface area (Å²) in [6.07, 6.45) is 3.48. The fourth-order valence-corrected chi connectivity index (χ4v) is 4.66. The number of hydrogen-bond donors (Lipinski definition) is 2. The van der Waals surface area contributed by atoms with Crippen LogP contribution in [0.2, 0.25) is 0 Å². The number of carbonyl (C=O) groups is 2. The highest BCUT2D eigenvalue weighted by Crippen LogP contribution is 2.34. The molecule has 37 heavy (non-hydrogen) atoms. The number of nitrogens with zero attached hydrogens (tertiary/aromatic N) is 6. The maximum atomic E-state index is 13.7. The second-order valence-corrected chi connectivity index (χ2v) is 8.79. The Labute approximate surface area is 211 Å². The molecule has 2 aromatic heterocycles.